The molecule has 1 aliphatic heterocycles. The van der Waals surface area contributed by atoms with E-state index in [4.69, 9.17) is 9.84 Å². The molecular formula is C22H33NO4. The van der Waals surface area contributed by atoms with Crippen LogP contribution in [0.2, 0.25) is 0 Å². The van der Waals surface area contributed by atoms with Crippen LogP contribution in [0.3, 0.4) is 0 Å². The molecule has 1 fully saturated rings. The van der Waals surface area contributed by atoms with Gasteiger partial charge in [-0.2, -0.15) is 0 Å². The van der Waals surface area contributed by atoms with Gasteiger partial charge in [-0.05, 0) is 37.2 Å². The molecule has 27 heavy (non-hydrogen) atoms. The normalized spacial score (nSPS) is 16.1. The number of ether oxygens (including phenoxy) is 1. The maximum absolute atomic E-state index is 12.2. The minimum absolute atomic E-state index is 0.185. The molecule has 1 aromatic carbocycles. The van der Waals surface area contributed by atoms with Gasteiger partial charge in [0.25, 0.3) is 0 Å². The molecule has 0 aliphatic carbocycles. The van der Waals surface area contributed by atoms with Crippen molar-refractivity contribution in [2.24, 2.45) is 11.8 Å². The zero-order valence-corrected chi connectivity index (χ0v) is 16.4. The first-order valence-electron chi connectivity index (χ1n) is 10.3. The Bertz CT molecular complexity index is 567. The SMILES string of the molecule is CCC(CCCCCC1CCN(C(=O)OCc2ccccc2)CC1)C(=O)O. The first kappa shape index (κ1) is 21.3. The maximum atomic E-state index is 12.2. The lowest BCUT2D eigenvalue weighted by atomic mass is 9.90. The van der Waals surface area contributed by atoms with Gasteiger partial charge < -0.3 is 14.7 Å². The van der Waals surface area contributed by atoms with E-state index in [-0.39, 0.29) is 12.0 Å². The third-order valence-corrected chi connectivity index (χ3v) is 5.58. The summed E-state index contributed by atoms with van der Waals surface area (Å²) in [4.78, 5) is 25.0. The fourth-order valence-corrected chi connectivity index (χ4v) is 3.72. The minimum atomic E-state index is -0.663. The second kappa shape index (κ2) is 11.6. The number of piperidine rings is 1. The third kappa shape index (κ3) is 7.61. The monoisotopic (exact) mass is 375 g/mol. The standard InChI is InChI=1S/C22H33NO4/c1-2-20(21(24)25)12-8-4-5-9-18-13-15-23(16-14-18)22(26)27-17-19-10-6-3-7-11-19/h3,6-7,10-11,18,20H,2,4-5,8-9,12-17H2,1H3,(H,24,25). The van der Waals surface area contributed by atoms with Crippen LogP contribution in [0.15, 0.2) is 30.3 Å². The number of likely N-dealkylation sites (tertiary alicyclic amines) is 1. The summed E-state index contributed by atoms with van der Waals surface area (Å²) in [7, 11) is 0. The Morgan fingerprint density at radius 2 is 1.85 bits per heavy atom. The highest BCUT2D eigenvalue weighted by Crippen LogP contribution is 2.24. The number of nitrogens with zero attached hydrogens (tertiary/aromatic N) is 1. The Morgan fingerprint density at radius 3 is 2.48 bits per heavy atom. The Balaban J connectivity index is 1.55. The van der Waals surface area contributed by atoms with Crippen LogP contribution in [-0.4, -0.2) is 35.2 Å². The van der Waals surface area contributed by atoms with Gasteiger partial charge >= 0.3 is 12.1 Å². The number of carbonyl (C=O) groups excluding carboxylic acids is 1. The van der Waals surface area contributed by atoms with Gasteiger partial charge in [0.05, 0.1) is 5.92 Å². The number of hydrogen-bond acceptors (Lipinski definition) is 3. The van der Waals surface area contributed by atoms with Crippen molar-refractivity contribution < 1.29 is 19.4 Å². The summed E-state index contributed by atoms with van der Waals surface area (Å²) in [5.41, 5.74) is 1.01. The molecule has 0 bridgehead atoms. The van der Waals surface area contributed by atoms with E-state index in [1.165, 1.54) is 6.42 Å². The topological polar surface area (TPSA) is 66.8 Å². The summed E-state index contributed by atoms with van der Waals surface area (Å²) < 4.78 is 5.41. The van der Waals surface area contributed by atoms with Crippen molar-refractivity contribution in [2.45, 2.75) is 64.9 Å². The van der Waals surface area contributed by atoms with Crippen LogP contribution < -0.4 is 0 Å². The average Bonchev–Trinajstić information content (AvgIpc) is 2.70. The lowest BCUT2D eigenvalue weighted by Crippen LogP contribution is -2.38. The molecule has 0 radical (unpaired) electrons. The molecule has 150 valence electrons. The maximum Gasteiger partial charge on any atom is 0.410 e. The Hall–Kier alpha value is -2.04. The molecule has 5 heteroatoms. The molecule has 0 saturated carbocycles. The fraction of sp³-hybridized carbons (Fsp3) is 0.636. The Labute approximate surface area is 162 Å². The minimum Gasteiger partial charge on any atom is -0.481 e. The highest BCUT2D eigenvalue weighted by Gasteiger charge is 2.23. The molecule has 1 saturated heterocycles. The smallest absolute Gasteiger partial charge is 0.410 e. The molecule has 1 unspecified atom stereocenters. The predicted octanol–water partition coefficient (Wildman–Crippen LogP) is 5.10. The van der Waals surface area contributed by atoms with Crippen LogP contribution in [0.5, 0.6) is 0 Å². The van der Waals surface area contributed by atoms with E-state index >= 15 is 0 Å². The predicted molar refractivity (Wildman–Crippen MR) is 105 cm³/mol. The third-order valence-electron chi connectivity index (χ3n) is 5.58. The highest BCUT2D eigenvalue weighted by molar-refractivity contribution is 5.69. The molecular weight excluding hydrogens is 342 g/mol. The van der Waals surface area contributed by atoms with Crippen LogP contribution >= 0.6 is 0 Å². The number of hydrogen-bond donors (Lipinski definition) is 1. The van der Waals surface area contributed by atoms with E-state index in [1.54, 1.807) is 0 Å². The number of carboxylic acid groups (broad SMARTS) is 1. The van der Waals surface area contributed by atoms with Gasteiger partial charge in [-0.15, -0.1) is 0 Å². The summed E-state index contributed by atoms with van der Waals surface area (Å²) in [6.07, 6.45) is 7.79. The van der Waals surface area contributed by atoms with Crippen molar-refractivity contribution in [1.82, 2.24) is 4.90 Å². The van der Waals surface area contributed by atoms with Crippen LogP contribution in [0.25, 0.3) is 0 Å². The van der Waals surface area contributed by atoms with E-state index < -0.39 is 5.97 Å². The van der Waals surface area contributed by atoms with Crippen molar-refractivity contribution >= 4 is 12.1 Å². The van der Waals surface area contributed by atoms with Crippen LogP contribution in [0.1, 0.15) is 63.9 Å². The van der Waals surface area contributed by atoms with Crippen LogP contribution in [0.4, 0.5) is 4.79 Å². The molecule has 1 atom stereocenters. The summed E-state index contributed by atoms with van der Waals surface area (Å²) in [5.74, 6) is -0.177. The summed E-state index contributed by atoms with van der Waals surface area (Å²) in [6.45, 7) is 3.82. The summed E-state index contributed by atoms with van der Waals surface area (Å²) >= 11 is 0. The number of amides is 1. The van der Waals surface area contributed by atoms with Crippen molar-refractivity contribution in [3.63, 3.8) is 0 Å². The summed E-state index contributed by atoms with van der Waals surface area (Å²) in [5, 5.41) is 9.06. The van der Waals surface area contributed by atoms with Gasteiger partial charge in [-0.25, -0.2) is 4.79 Å². The number of benzene rings is 1. The molecule has 5 nitrogen and oxygen atoms in total. The number of carbonyl (C=O) groups is 2. The highest BCUT2D eigenvalue weighted by atomic mass is 16.6. The van der Waals surface area contributed by atoms with Gasteiger partial charge in [0.15, 0.2) is 0 Å². The van der Waals surface area contributed by atoms with Crippen molar-refractivity contribution in [2.75, 3.05) is 13.1 Å². The number of rotatable bonds is 10. The molecule has 1 aromatic rings. The van der Waals surface area contributed by atoms with E-state index in [0.29, 0.717) is 18.9 Å². The van der Waals surface area contributed by atoms with E-state index in [2.05, 4.69) is 0 Å². The Kier molecular flexibility index (Phi) is 9.16. The van der Waals surface area contributed by atoms with Crippen LogP contribution in [-0.2, 0) is 16.1 Å². The largest absolute Gasteiger partial charge is 0.481 e. The molecule has 1 amide bonds. The number of carboxylic acids is 1. The van der Waals surface area contributed by atoms with Gasteiger partial charge in [0, 0.05) is 13.1 Å². The average molecular weight is 376 g/mol. The second-order valence-electron chi connectivity index (χ2n) is 7.55. The van der Waals surface area contributed by atoms with Crippen molar-refractivity contribution in [3.05, 3.63) is 35.9 Å². The van der Waals surface area contributed by atoms with E-state index in [9.17, 15) is 9.59 Å². The lowest BCUT2D eigenvalue weighted by Gasteiger charge is -2.31. The van der Waals surface area contributed by atoms with E-state index in [1.807, 2.05) is 42.2 Å². The molecule has 0 aromatic heterocycles. The first-order chi connectivity index (χ1) is 13.1. The molecule has 1 heterocycles. The van der Waals surface area contributed by atoms with Crippen molar-refractivity contribution in [3.8, 4) is 0 Å². The molecule has 2 rings (SSSR count). The van der Waals surface area contributed by atoms with E-state index in [0.717, 1.165) is 57.2 Å². The van der Waals surface area contributed by atoms with Gasteiger partial charge in [-0.3, -0.25) is 4.79 Å². The molecule has 0 spiro atoms. The van der Waals surface area contributed by atoms with Gasteiger partial charge in [0.1, 0.15) is 6.61 Å². The number of unbranched alkanes of at least 4 members (excludes halogenated alkanes) is 2. The summed E-state index contributed by atoms with van der Waals surface area (Å²) in [6, 6.07) is 9.75. The molecule has 1 N–H and O–H groups in total. The Morgan fingerprint density at radius 1 is 1.15 bits per heavy atom. The van der Waals surface area contributed by atoms with Gasteiger partial charge in [0.2, 0.25) is 0 Å². The zero-order valence-electron chi connectivity index (χ0n) is 16.4. The first-order valence-corrected chi connectivity index (χ1v) is 10.3. The fourth-order valence-electron chi connectivity index (χ4n) is 3.72. The van der Waals surface area contributed by atoms with Crippen molar-refractivity contribution in [1.29, 1.82) is 0 Å². The lowest BCUT2D eigenvalue weighted by molar-refractivity contribution is -0.142. The number of aliphatic carboxylic acids is 1. The second-order valence-corrected chi connectivity index (χ2v) is 7.55. The quantitative estimate of drug-likeness (QED) is 0.578. The van der Waals surface area contributed by atoms with Gasteiger partial charge in [-0.1, -0.05) is 62.9 Å². The molecule has 1 aliphatic rings. The van der Waals surface area contributed by atoms with Crippen LogP contribution in [0, 0.1) is 11.8 Å². The zero-order chi connectivity index (χ0) is 19.5.